The lowest BCUT2D eigenvalue weighted by Crippen LogP contribution is -2.18. The first-order valence-corrected chi connectivity index (χ1v) is 4.03. The van der Waals surface area contributed by atoms with E-state index in [2.05, 4.69) is 0 Å². The van der Waals surface area contributed by atoms with Crippen LogP contribution in [-0.4, -0.2) is 5.11 Å². The number of phenols is 1. The lowest BCUT2D eigenvalue weighted by molar-refractivity contribution is 0.457. The highest BCUT2D eigenvalue weighted by molar-refractivity contribution is 5.36. The first kappa shape index (κ1) is 10.0. The summed E-state index contributed by atoms with van der Waals surface area (Å²) >= 11 is 0. The number of hydrogen-bond donors (Lipinski definition) is 2. The molecule has 4 nitrogen and oxygen atoms in total. The molecule has 0 fully saturated rings. The van der Waals surface area contributed by atoms with Crippen LogP contribution in [0.3, 0.4) is 0 Å². The minimum atomic E-state index is -0.941. The zero-order valence-electron chi connectivity index (χ0n) is 7.38. The monoisotopic (exact) mass is 187 g/mol. The molecule has 0 spiro atoms. The molecule has 1 aromatic rings. The molecule has 1 aromatic carbocycles. The van der Waals surface area contributed by atoms with Gasteiger partial charge in [-0.3, -0.25) is 0 Å². The molecular formula is C10H9N3O. The largest absolute Gasteiger partial charge is 0.508 e. The molecule has 0 aliphatic carbocycles. The molecule has 0 aliphatic heterocycles. The van der Waals surface area contributed by atoms with Gasteiger partial charge in [-0.05, 0) is 6.07 Å². The summed E-state index contributed by atoms with van der Waals surface area (Å²) in [6.07, 6.45) is 0. The molecule has 3 N–H and O–H groups in total. The second-order valence-electron chi connectivity index (χ2n) is 2.82. The van der Waals surface area contributed by atoms with Gasteiger partial charge < -0.3 is 10.8 Å². The van der Waals surface area contributed by atoms with Crippen LogP contribution < -0.4 is 5.73 Å². The maximum atomic E-state index is 9.42. The van der Waals surface area contributed by atoms with Gasteiger partial charge in [-0.15, -0.1) is 0 Å². The molecule has 0 radical (unpaired) electrons. The summed E-state index contributed by atoms with van der Waals surface area (Å²) in [6.45, 7) is 0. The number of nitriles is 2. The average molecular weight is 187 g/mol. The fraction of sp³-hybridized carbons (Fsp3) is 0.200. The molecule has 0 unspecified atom stereocenters. The summed E-state index contributed by atoms with van der Waals surface area (Å²) in [5, 5.41) is 26.7. The standard InChI is InChI=1S/C10H9N3O/c11-5-7(6-12)10(13)8-3-1-2-4-9(8)14/h1-4,7,10,14H,13H2/t10-/m1/s1. The molecule has 0 aromatic heterocycles. The Morgan fingerprint density at radius 3 is 2.29 bits per heavy atom. The van der Waals surface area contributed by atoms with Gasteiger partial charge in [0.15, 0.2) is 5.92 Å². The van der Waals surface area contributed by atoms with Gasteiger partial charge in [0, 0.05) is 5.56 Å². The lowest BCUT2D eigenvalue weighted by Gasteiger charge is -2.13. The van der Waals surface area contributed by atoms with Crippen molar-refractivity contribution in [3.8, 4) is 17.9 Å². The van der Waals surface area contributed by atoms with Crippen LogP contribution in [0.25, 0.3) is 0 Å². The quantitative estimate of drug-likeness (QED) is 0.723. The van der Waals surface area contributed by atoms with Crippen molar-refractivity contribution in [1.29, 1.82) is 10.5 Å². The molecule has 70 valence electrons. The summed E-state index contributed by atoms with van der Waals surface area (Å²) in [5.41, 5.74) is 6.07. The van der Waals surface area contributed by atoms with E-state index in [-0.39, 0.29) is 5.75 Å². The number of aromatic hydroxyl groups is 1. The lowest BCUT2D eigenvalue weighted by atomic mass is 9.95. The van der Waals surface area contributed by atoms with Gasteiger partial charge in [-0.1, -0.05) is 18.2 Å². The number of para-hydroxylation sites is 1. The summed E-state index contributed by atoms with van der Waals surface area (Å²) in [5.74, 6) is -0.932. The molecule has 1 rings (SSSR count). The Hall–Kier alpha value is -2.04. The number of benzene rings is 1. The molecule has 0 heterocycles. The maximum Gasteiger partial charge on any atom is 0.152 e. The first-order chi connectivity index (χ1) is 6.70. The van der Waals surface area contributed by atoms with Crippen molar-refractivity contribution in [2.24, 2.45) is 11.7 Å². The number of nitrogens with zero attached hydrogens (tertiary/aromatic N) is 2. The molecule has 0 aliphatic rings. The van der Waals surface area contributed by atoms with Crippen LogP contribution in [-0.2, 0) is 0 Å². The van der Waals surface area contributed by atoms with Crippen molar-refractivity contribution >= 4 is 0 Å². The van der Waals surface area contributed by atoms with E-state index < -0.39 is 12.0 Å². The SMILES string of the molecule is N#CC(C#N)[C@@H](N)c1ccccc1O. The minimum Gasteiger partial charge on any atom is -0.508 e. The molecule has 0 saturated carbocycles. The molecule has 0 saturated heterocycles. The molecule has 0 bridgehead atoms. The van der Waals surface area contributed by atoms with Crippen LogP contribution in [0.2, 0.25) is 0 Å². The molecule has 14 heavy (non-hydrogen) atoms. The van der Waals surface area contributed by atoms with E-state index in [1.54, 1.807) is 30.3 Å². The summed E-state index contributed by atoms with van der Waals surface area (Å²) in [7, 11) is 0. The normalized spacial score (nSPS) is 11.7. The van der Waals surface area contributed by atoms with Gasteiger partial charge in [0.25, 0.3) is 0 Å². The van der Waals surface area contributed by atoms with E-state index in [0.29, 0.717) is 5.56 Å². The maximum absolute atomic E-state index is 9.42. The Morgan fingerprint density at radius 1 is 1.21 bits per heavy atom. The second-order valence-corrected chi connectivity index (χ2v) is 2.82. The van der Waals surface area contributed by atoms with Gasteiger partial charge in [0.1, 0.15) is 5.75 Å². The van der Waals surface area contributed by atoms with Gasteiger partial charge in [0.05, 0.1) is 18.2 Å². The van der Waals surface area contributed by atoms with E-state index in [0.717, 1.165) is 0 Å². The Kier molecular flexibility index (Phi) is 3.06. The first-order valence-electron chi connectivity index (χ1n) is 4.03. The van der Waals surface area contributed by atoms with Crippen molar-refractivity contribution in [2.45, 2.75) is 6.04 Å². The molecular weight excluding hydrogens is 178 g/mol. The third kappa shape index (κ3) is 1.82. The van der Waals surface area contributed by atoms with E-state index in [1.807, 2.05) is 0 Å². The van der Waals surface area contributed by atoms with Crippen molar-refractivity contribution in [3.63, 3.8) is 0 Å². The predicted molar refractivity (Wildman–Crippen MR) is 49.8 cm³/mol. The van der Waals surface area contributed by atoms with Crippen LogP contribution in [0.15, 0.2) is 24.3 Å². The molecule has 1 atom stereocenters. The fourth-order valence-electron chi connectivity index (χ4n) is 1.14. The van der Waals surface area contributed by atoms with E-state index in [4.69, 9.17) is 16.3 Å². The highest BCUT2D eigenvalue weighted by atomic mass is 16.3. The van der Waals surface area contributed by atoms with Crippen molar-refractivity contribution < 1.29 is 5.11 Å². The Labute approximate surface area is 81.8 Å². The van der Waals surface area contributed by atoms with Gasteiger partial charge in [-0.2, -0.15) is 10.5 Å². The third-order valence-corrected chi connectivity index (χ3v) is 1.93. The van der Waals surface area contributed by atoms with Crippen molar-refractivity contribution in [2.75, 3.05) is 0 Å². The fourth-order valence-corrected chi connectivity index (χ4v) is 1.14. The third-order valence-electron chi connectivity index (χ3n) is 1.93. The van der Waals surface area contributed by atoms with Crippen molar-refractivity contribution in [1.82, 2.24) is 0 Å². The van der Waals surface area contributed by atoms with Crippen LogP contribution >= 0.6 is 0 Å². The highest BCUT2D eigenvalue weighted by Gasteiger charge is 2.20. The van der Waals surface area contributed by atoms with E-state index in [1.165, 1.54) is 6.07 Å². The van der Waals surface area contributed by atoms with Crippen LogP contribution in [0, 0.1) is 28.6 Å². The molecule has 4 heteroatoms. The Balaban J connectivity index is 3.02. The average Bonchev–Trinajstić information content (AvgIpc) is 2.20. The number of phenolic OH excluding ortho intramolecular Hbond substituents is 1. The van der Waals surface area contributed by atoms with Gasteiger partial charge in [-0.25, -0.2) is 0 Å². The number of nitrogens with two attached hydrogens (primary N) is 1. The van der Waals surface area contributed by atoms with Crippen LogP contribution in [0.4, 0.5) is 0 Å². The topological polar surface area (TPSA) is 93.8 Å². The number of rotatable bonds is 2. The van der Waals surface area contributed by atoms with Crippen LogP contribution in [0.1, 0.15) is 11.6 Å². The number of hydrogen-bond acceptors (Lipinski definition) is 4. The Morgan fingerprint density at radius 2 is 1.79 bits per heavy atom. The summed E-state index contributed by atoms with van der Waals surface area (Å²) < 4.78 is 0. The smallest absolute Gasteiger partial charge is 0.152 e. The highest BCUT2D eigenvalue weighted by Crippen LogP contribution is 2.26. The predicted octanol–water partition coefficient (Wildman–Crippen LogP) is 1.06. The van der Waals surface area contributed by atoms with Gasteiger partial charge >= 0.3 is 0 Å². The zero-order valence-corrected chi connectivity index (χ0v) is 7.38. The second kappa shape index (κ2) is 4.27. The van der Waals surface area contributed by atoms with E-state index >= 15 is 0 Å². The summed E-state index contributed by atoms with van der Waals surface area (Å²) in [4.78, 5) is 0. The zero-order chi connectivity index (χ0) is 10.6. The van der Waals surface area contributed by atoms with Gasteiger partial charge in [0.2, 0.25) is 0 Å². The molecule has 0 amide bonds. The van der Waals surface area contributed by atoms with Crippen molar-refractivity contribution in [3.05, 3.63) is 29.8 Å². The van der Waals surface area contributed by atoms with E-state index in [9.17, 15) is 5.11 Å². The van der Waals surface area contributed by atoms with Crippen LogP contribution in [0.5, 0.6) is 5.75 Å². The Bertz CT molecular complexity index is 389. The minimum absolute atomic E-state index is 0.00972. The summed E-state index contributed by atoms with van der Waals surface area (Å²) in [6, 6.07) is 9.21.